The van der Waals surface area contributed by atoms with Crippen molar-refractivity contribution in [1.29, 1.82) is 0 Å². The normalized spacial score (nSPS) is 21.3. The number of hydrogen-bond donors (Lipinski definition) is 1. The minimum absolute atomic E-state index is 0. The van der Waals surface area contributed by atoms with E-state index in [1.807, 2.05) is 6.07 Å². The molecule has 1 atom stereocenters. The minimum atomic E-state index is 0. The summed E-state index contributed by atoms with van der Waals surface area (Å²) in [5.41, 5.74) is 1.29. The van der Waals surface area contributed by atoms with Crippen LogP contribution in [0.25, 0.3) is 0 Å². The van der Waals surface area contributed by atoms with Crippen molar-refractivity contribution in [3.05, 3.63) is 23.8 Å². The zero-order chi connectivity index (χ0) is 12.4. The maximum absolute atomic E-state index is 5.62. The monoisotopic (exact) mass is 284 g/mol. The Morgan fingerprint density at radius 2 is 2.05 bits per heavy atom. The first kappa shape index (κ1) is 14.4. The van der Waals surface area contributed by atoms with E-state index in [-0.39, 0.29) is 12.4 Å². The summed E-state index contributed by atoms with van der Waals surface area (Å²) in [6.07, 6.45) is 1.24. The third kappa shape index (κ3) is 3.32. The van der Waals surface area contributed by atoms with Crippen LogP contribution in [0.2, 0.25) is 0 Å². The van der Waals surface area contributed by atoms with Crippen LogP contribution in [0.15, 0.2) is 18.2 Å². The van der Waals surface area contributed by atoms with E-state index in [1.165, 1.54) is 12.0 Å². The number of benzene rings is 1. The third-order valence-corrected chi connectivity index (χ3v) is 3.70. The lowest BCUT2D eigenvalue weighted by Gasteiger charge is -2.24. The van der Waals surface area contributed by atoms with Gasteiger partial charge in [0.2, 0.25) is 0 Å². The fraction of sp³-hybridized carbons (Fsp3) is 0.571. The van der Waals surface area contributed by atoms with Gasteiger partial charge in [-0.05, 0) is 37.7 Å². The molecule has 1 aromatic rings. The summed E-state index contributed by atoms with van der Waals surface area (Å²) in [7, 11) is 2.19. The van der Waals surface area contributed by atoms with E-state index >= 15 is 0 Å². The Morgan fingerprint density at radius 3 is 2.79 bits per heavy atom. The van der Waals surface area contributed by atoms with Crippen LogP contribution in [0.4, 0.5) is 0 Å². The van der Waals surface area contributed by atoms with Gasteiger partial charge in [0, 0.05) is 19.1 Å². The number of rotatable bonds is 3. The van der Waals surface area contributed by atoms with Crippen molar-refractivity contribution in [2.24, 2.45) is 0 Å². The Morgan fingerprint density at radius 1 is 1.26 bits per heavy atom. The molecule has 0 bridgehead atoms. The van der Waals surface area contributed by atoms with E-state index in [2.05, 4.69) is 29.4 Å². The van der Waals surface area contributed by atoms with Crippen molar-refractivity contribution in [3.63, 3.8) is 0 Å². The number of nitrogens with zero attached hydrogens (tertiary/aromatic N) is 1. The van der Waals surface area contributed by atoms with Gasteiger partial charge in [-0.25, -0.2) is 0 Å². The van der Waals surface area contributed by atoms with Gasteiger partial charge in [-0.15, -0.1) is 12.4 Å². The lowest BCUT2D eigenvalue weighted by Crippen LogP contribution is -2.32. The first-order valence-electron chi connectivity index (χ1n) is 6.62. The Balaban J connectivity index is 0.00000133. The van der Waals surface area contributed by atoms with Crippen molar-refractivity contribution in [3.8, 4) is 11.5 Å². The summed E-state index contributed by atoms with van der Waals surface area (Å²) in [4.78, 5) is 2.41. The molecule has 4 nitrogen and oxygen atoms in total. The second-order valence-electron chi connectivity index (χ2n) is 5.04. The van der Waals surface area contributed by atoms with Gasteiger partial charge in [-0.1, -0.05) is 6.07 Å². The van der Waals surface area contributed by atoms with Crippen molar-refractivity contribution in [2.45, 2.75) is 19.0 Å². The SMILES string of the molecule is CN(Cc1ccc2c(c1)OCCO2)C1CCNC1.Cl. The molecular weight excluding hydrogens is 264 g/mol. The highest BCUT2D eigenvalue weighted by atomic mass is 35.5. The largest absolute Gasteiger partial charge is 0.486 e. The fourth-order valence-electron chi connectivity index (χ4n) is 2.62. The number of ether oxygens (including phenoxy) is 2. The highest BCUT2D eigenvalue weighted by molar-refractivity contribution is 5.85. The zero-order valence-electron chi connectivity index (χ0n) is 11.2. The van der Waals surface area contributed by atoms with E-state index in [9.17, 15) is 0 Å². The van der Waals surface area contributed by atoms with E-state index in [0.717, 1.165) is 31.1 Å². The topological polar surface area (TPSA) is 33.7 Å². The van der Waals surface area contributed by atoms with E-state index in [1.54, 1.807) is 0 Å². The molecule has 0 amide bonds. The predicted octanol–water partition coefficient (Wildman–Crippen LogP) is 1.67. The molecule has 2 aliphatic rings. The van der Waals surface area contributed by atoms with Crippen LogP contribution < -0.4 is 14.8 Å². The average molecular weight is 285 g/mol. The number of likely N-dealkylation sites (N-methyl/N-ethyl adjacent to an activating group) is 1. The molecule has 1 saturated heterocycles. The summed E-state index contributed by atoms with van der Waals surface area (Å²) >= 11 is 0. The molecule has 106 valence electrons. The van der Waals surface area contributed by atoms with Crippen LogP contribution in [-0.2, 0) is 6.54 Å². The number of hydrogen-bond acceptors (Lipinski definition) is 4. The van der Waals surface area contributed by atoms with Gasteiger partial charge in [0.25, 0.3) is 0 Å². The van der Waals surface area contributed by atoms with Crippen LogP contribution in [-0.4, -0.2) is 44.3 Å². The summed E-state index contributed by atoms with van der Waals surface area (Å²) in [6, 6.07) is 6.91. The van der Waals surface area contributed by atoms with E-state index in [4.69, 9.17) is 9.47 Å². The van der Waals surface area contributed by atoms with Crippen molar-refractivity contribution in [2.75, 3.05) is 33.4 Å². The molecule has 0 saturated carbocycles. The molecular formula is C14H21ClN2O2. The molecule has 19 heavy (non-hydrogen) atoms. The highest BCUT2D eigenvalue weighted by Gasteiger charge is 2.19. The number of nitrogens with one attached hydrogen (secondary N) is 1. The second-order valence-corrected chi connectivity index (χ2v) is 5.04. The van der Waals surface area contributed by atoms with Gasteiger partial charge in [0.05, 0.1) is 0 Å². The molecule has 1 fully saturated rings. The molecule has 0 aliphatic carbocycles. The Bertz CT molecular complexity index is 422. The molecule has 0 spiro atoms. The maximum atomic E-state index is 5.62. The van der Waals surface area contributed by atoms with Gasteiger partial charge >= 0.3 is 0 Å². The second kappa shape index (κ2) is 6.46. The molecule has 2 heterocycles. The highest BCUT2D eigenvalue weighted by Crippen LogP contribution is 2.31. The number of fused-ring (bicyclic) bond motifs is 1. The Labute approximate surface area is 120 Å². The molecule has 1 N–H and O–H groups in total. The fourth-order valence-corrected chi connectivity index (χ4v) is 2.62. The molecule has 5 heteroatoms. The third-order valence-electron chi connectivity index (χ3n) is 3.70. The maximum Gasteiger partial charge on any atom is 0.161 e. The van der Waals surface area contributed by atoms with Crippen LogP contribution >= 0.6 is 12.4 Å². The molecule has 1 aromatic carbocycles. The lowest BCUT2D eigenvalue weighted by atomic mass is 10.1. The van der Waals surface area contributed by atoms with Crippen LogP contribution in [0.3, 0.4) is 0 Å². The summed E-state index contributed by atoms with van der Waals surface area (Å²) in [6.45, 7) is 4.50. The van der Waals surface area contributed by atoms with E-state index < -0.39 is 0 Å². The van der Waals surface area contributed by atoms with Crippen LogP contribution in [0.5, 0.6) is 11.5 Å². The van der Waals surface area contributed by atoms with Gasteiger partial charge in [0.15, 0.2) is 11.5 Å². The summed E-state index contributed by atoms with van der Waals surface area (Å²) < 4.78 is 11.1. The first-order chi connectivity index (χ1) is 8.83. The van der Waals surface area contributed by atoms with Crippen molar-refractivity contribution < 1.29 is 9.47 Å². The zero-order valence-corrected chi connectivity index (χ0v) is 12.0. The standard InChI is InChI=1S/C14H20N2O2.ClH/c1-16(12-4-5-15-9-12)10-11-2-3-13-14(8-11)18-7-6-17-13;/h2-3,8,12,15H,4-7,9-10H2,1H3;1H. The van der Waals surface area contributed by atoms with E-state index in [0.29, 0.717) is 19.3 Å². The van der Waals surface area contributed by atoms with Crippen molar-refractivity contribution in [1.82, 2.24) is 10.2 Å². The Hall–Kier alpha value is -0.970. The molecule has 0 radical (unpaired) electrons. The summed E-state index contributed by atoms with van der Waals surface area (Å²) in [5.74, 6) is 1.76. The molecule has 0 aromatic heterocycles. The lowest BCUT2D eigenvalue weighted by molar-refractivity contribution is 0.171. The predicted molar refractivity (Wildman–Crippen MR) is 77.4 cm³/mol. The smallest absolute Gasteiger partial charge is 0.161 e. The molecule has 2 aliphatic heterocycles. The van der Waals surface area contributed by atoms with Crippen molar-refractivity contribution >= 4 is 12.4 Å². The molecule has 3 rings (SSSR count). The van der Waals surface area contributed by atoms with Gasteiger partial charge < -0.3 is 14.8 Å². The first-order valence-corrected chi connectivity index (χ1v) is 6.62. The van der Waals surface area contributed by atoms with Crippen LogP contribution in [0, 0.1) is 0 Å². The van der Waals surface area contributed by atoms with Gasteiger partial charge in [-0.3, -0.25) is 4.90 Å². The average Bonchev–Trinajstić information content (AvgIpc) is 2.92. The number of halogens is 1. The summed E-state index contributed by atoms with van der Waals surface area (Å²) in [5, 5.41) is 3.40. The van der Waals surface area contributed by atoms with Gasteiger partial charge in [0.1, 0.15) is 13.2 Å². The van der Waals surface area contributed by atoms with Crippen LogP contribution in [0.1, 0.15) is 12.0 Å². The quantitative estimate of drug-likeness (QED) is 0.916. The minimum Gasteiger partial charge on any atom is -0.486 e. The van der Waals surface area contributed by atoms with Gasteiger partial charge in [-0.2, -0.15) is 0 Å². The molecule has 1 unspecified atom stereocenters. The Kier molecular flexibility index (Phi) is 4.91.